The topological polar surface area (TPSA) is 66.8 Å². The summed E-state index contributed by atoms with van der Waals surface area (Å²) in [6.07, 6.45) is 0. The highest BCUT2D eigenvalue weighted by atomic mass is 32.2. The molecule has 0 atom stereocenters. The Kier molecular flexibility index (Phi) is 4.73. The van der Waals surface area contributed by atoms with Crippen molar-refractivity contribution in [3.05, 3.63) is 53.6 Å². The molecular formula is C16H19NO4S. The normalized spacial score (nSPS) is 11.3. The molecular weight excluding hydrogens is 302 g/mol. The van der Waals surface area contributed by atoms with Crippen LogP contribution in [0.5, 0.6) is 5.75 Å². The molecule has 0 unspecified atom stereocenters. The number of methoxy groups -OCH3 is 1. The lowest BCUT2D eigenvalue weighted by Gasteiger charge is -2.22. The van der Waals surface area contributed by atoms with E-state index < -0.39 is 10.1 Å². The van der Waals surface area contributed by atoms with E-state index in [0.29, 0.717) is 6.54 Å². The van der Waals surface area contributed by atoms with Gasteiger partial charge in [-0.2, -0.15) is 8.42 Å². The van der Waals surface area contributed by atoms with Crippen LogP contribution in [0.1, 0.15) is 11.1 Å². The summed E-state index contributed by atoms with van der Waals surface area (Å²) in [6.45, 7) is 2.49. The molecule has 0 spiro atoms. The first-order valence-electron chi connectivity index (χ1n) is 6.73. The van der Waals surface area contributed by atoms with Crippen LogP contribution < -0.4 is 9.64 Å². The van der Waals surface area contributed by atoms with Gasteiger partial charge >= 0.3 is 0 Å². The molecule has 0 aliphatic heterocycles. The highest BCUT2D eigenvalue weighted by Gasteiger charge is 2.12. The fourth-order valence-electron chi connectivity index (χ4n) is 2.26. The molecule has 5 nitrogen and oxygen atoms in total. The quantitative estimate of drug-likeness (QED) is 0.858. The van der Waals surface area contributed by atoms with Gasteiger partial charge < -0.3 is 9.64 Å². The molecule has 0 aliphatic carbocycles. The number of benzene rings is 2. The average molecular weight is 321 g/mol. The van der Waals surface area contributed by atoms with Crippen LogP contribution in [-0.4, -0.2) is 27.1 Å². The summed E-state index contributed by atoms with van der Waals surface area (Å²) in [5.41, 5.74) is 2.80. The van der Waals surface area contributed by atoms with Gasteiger partial charge in [0.05, 0.1) is 17.7 Å². The zero-order chi connectivity index (χ0) is 16.3. The van der Waals surface area contributed by atoms with E-state index >= 15 is 0 Å². The Morgan fingerprint density at radius 2 is 1.91 bits per heavy atom. The fraction of sp³-hybridized carbons (Fsp3) is 0.250. The summed E-state index contributed by atoms with van der Waals surface area (Å²) >= 11 is 0. The molecule has 22 heavy (non-hydrogen) atoms. The molecule has 0 bridgehead atoms. The van der Waals surface area contributed by atoms with Crippen LogP contribution in [0.3, 0.4) is 0 Å². The maximum absolute atomic E-state index is 11.2. The Morgan fingerprint density at radius 3 is 2.55 bits per heavy atom. The third-order valence-corrected chi connectivity index (χ3v) is 4.21. The zero-order valence-electron chi connectivity index (χ0n) is 12.8. The van der Waals surface area contributed by atoms with Gasteiger partial charge in [-0.05, 0) is 42.3 Å². The number of rotatable bonds is 5. The average Bonchev–Trinajstić information content (AvgIpc) is 2.46. The second kappa shape index (κ2) is 6.37. The molecule has 1 N–H and O–H groups in total. The summed E-state index contributed by atoms with van der Waals surface area (Å²) in [5.74, 6) is 0.749. The standard InChI is InChI=1S/C16H19NO4S/c1-12-7-8-16(21-3)15(9-12)17(2)11-13-5-4-6-14(10-13)22(18,19)20/h4-10H,11H2,1-3H3,(H,18,19,20). The van der Waals surface area contributed by atoms with E-state index in [4.69, 9.17) is 9.29 Å². The number of nitrogens with zero attached hydrogens (tertiary/aromatic N) is 1. The van der Waals surface area contributed by atoms with E-state index in [1.54, 1.807) is 13.2 Å². The van der Waals surface area contributed by atoms with Gasteiger partial charge in [0, 0.05) is 13.6 Å². The minimum absolute atomic E-state index is 0.102. The second-order valence-corrected chi connectivity index (χ2v) is 6.58. The molecule has 0 radical (unpaired) electrons. The van der Waals surface area contributed by atoms with Gasteiger partial charge in [0.15, 0.2) is 0 Å². The Balaban J connectivity index is 2.30. The number of anilines is 1. The molecule has 6 heteroatoms. The highest BCUT2D eigenvalue weighted by Crippen LogP contribution is 2.29. The number of hydrogen-bond donors (Lipinski definition) is 1. The number of aryl methyl sites for hydroxylation is 1. The molecule has 0 heterocycles. The van der Waals surface area contributed by atoms with Crippen molar-refractivity contribution in [1.29, 1.82) is 0 Å². The molecule has 0 aromatic heterocycles. The van der Waals surface area contributed by atoms with Crippen molar-refractivity contribution in [2.24, 2.45) is 0 Å². The first kappa shape index (κ1) is 16.3. The van der Waals surface area contributed by atoms with Crippen molar-refractivity contribution in [1.82, 2.24) is 0 Å². The molecule has 2 rings (SSSR count). The van der Waals surface area contributed by atoms with E-state index in [1.165, 1.54) is 12.1 Å². The predicted molar refractivity (Wildman–Crippen MR) is 86.1 cm³/mol. The Morgan fingerprint density at radius 1 is 1.18 bits per heavy atom. The van der Waals surface area contributed by atoms with Gasteiger partial charge in [-0.25, -0.2) is 0 Å². The smallest absolute Gasteiger partial charge is 0.294 e. The van der Waals surface area contributed by atoms with Crippen molar-refractivity contribution < 1.29 is 17.7 Å². The first-order valence-corrected chi connectivity index (χ1v) is 8.17. The minimum Gasteiger partial charge on any atom is -0.495 e. The molecule has 0 saturated carbocycles. The van der Waals surface area contributed by atoms with Crippen LogP contribution in [0.15, 0.2) is 47.4 Å². The lowest BCUT2D eigenvalue weighted by atomic mass is 10.1. The van der Waals surface area contributed by atoms with Crippen LogP contribution in [0.25, 0.3) is 0 Å². The van der Waals surface area contributed by atoms with Gasteiger partial charge in [-0.15, -0.1) is 0 Å². The molecule has 118 valence electrons. The second-order valence-electron chi connectivity index (χ2n) is 5.15. The fourth-order valence-corrected chi connectivity index (χ4v) is 2.81. The molecule has 0 amide bonds. The van der Waals surface area contributed by atoms with Crippen molar-refractivity contribution in [3.63, 3.8) is 0 Å². The lowest BCUT2D eigenvalue weighted by molar-refractivity contribution is 0.414. The number of hydrogen-bond acceptors (Lipinski definition) is 4. The third kappa shape index (κ3) is 3.78. The first-order chi connectivity index (χ1) is 10.3. The van der Waals surface area contributed by atoms with E-state index in [2.05, 4.69) is 0 Å². The largest absolute Gasteiger partial charge is 0.495 e. The van der Waals surface area contributed by atoms with Gasteiger partial charge in [0.1, 0.15) is 5.75 Å². The van der Waals surface area contributed by atoms with Gasteiger partial charge in [0.25, 0.3) is 10.1 Å². The highest BCUT2D eigenvalue weighted by molar-refractivity contribution is 7.85. The van der Waals surface area contributed by atoms with Crippen LogP contribution >= 0.6 is 0 Å². The maximum atomic E-state index is 11.2. The van der Waals surface area contributed by atoms with Crippen LogP contribution in [0, 0.1) is 6.92 Å². The molecule has 0 saturated heterocycles. The van der Waals surface area contributed by atoms with Crippen molar-refractivity contribution >= 4 is 15.8 Å². The van der Waals surface area contributed by atoms with Gasteiger partial charge in [-0.3, -0.25) is 4.55 Å². The van der Waals surface area contributed by atoms with Crippen LogP contribution in [-0.2, 0) is 16.7 Å². The number of ether oxygens (including phenoxy) is 1. The van der Waals surface area contributed by atoms with Gasteiger partial charge in [-0.1, -0.05) is 18.2 Å². The monoisotopic (exact) mass is 321 g/mol. The van der Waals surface area contributed by atoms with Crippen LogP contribution in [0.4, 0.5) is 5.69 Å². The zero-order valence-corrected chi connectivity index (χ0v) is 13.6. The lowest BCUT2D eigenvalue weighted by Crippen LogP contribution is -2.17. The van der Waals surface area contributed by atoms with E-state index in [1.807, 2.05) is 43.1 Å². The van der Waals surface area contributed by atoms with Crippen molar-refractivity contribution in [2.75, 3.05) is 19.1 Å². The summed E-state index contributed by atoms with van der Waals surface area (Å²) < 4.78 is 36.9. The molecule has 2 aromatic carbocycles. The summed E-state index contributed by atoms with van der Waals surface area (Å²) in [7, 11) is -0.676. The minimum atomic E-state index is -4.19. The third-order valence-electron chi connectivity index (χ3n) is 3.36. The Hall–Kier alpha value is -2.05. The summed E-state index contributed by atoms with van der Waals surface area (Å²) in [6, 6.07) is 12.1. The van der Waals surface area contributed by atoms with Gasteiger partial charge in [0.2, 0.25) is 0 Å². The SMILES string of the molecule is COc1ccc(C)cc1N(C)Cc1cccc(S(=O)(=O)O)c1. The predicted octanol–water partition coefficient (Wildman–Crippen LogP) is 2.89. The summed E-state index contributed by atoms with van der Waals surface area (Å²) in [4.78, 5) is 1.86. The molecule has 0 aliphatic rings. The summed E-state index contributed by atoms with van der Waals surface area (Å²) in [5, 5.41) is 0. The Bertz CT molecular complexity index is 771. The van der Waals surface area contributed by atoms with E-state index in [9.17, 15) is 8.42 Å². The van der Waals surface area contributed by atoms with E-state index in [-0.39, 0.29) is 4.90 Å². The van der Waals surface area contributed by atoms with Crippen molar-refractivity contribution in [2.45, 2.75) is 18.4 Å². The molecule has 0 fully saturated rings. The van der Waals surface area contributed by atoms with Crippen molar-refractivity contribution in [3.8, 4) is 5.75 Å². The maximum Gasteiger partial charge on any atom is 0.294 e. The van der Waals surface area contributed by atoms with Crippen LogP contribution in [0.2, 0.25) is 0 Å². The van der Waals surface area contributed by atoms with E-state index in [0.717, 1.165) is 22.6 Å². The Labute approximate surface area is 130 Å². The molecule has 2 aromatic rings.